The summed E-state index contributed by atoms with van der Waals surface area (Å²) in [6.45, 7) is 0. The number of carbonyl (C=O) groups excluding carboxylic acids is 1. The molecule has 2 aromatic carbocycles. The zero-order valence-electron chi connectivity index (χ0n) is 10.9. The lowest BCUT2D eigenvalue weighted by atomic mass is 10.2. The van der Waals surface area contributed by atoms with Crippen LogP contribution in [0.3, 0.4) is 0 Å². The maximum atomic E-state index is 12.8. The Morgan fingerprint density at radius 1 is 1.05 bits per heavy atom. The van der Waals surface area contributed by atoms with Gasteiger partial charge in [-0.25, -0.2) is 9.18 Å². The van der Waals surface area contributed by atoms with Crippen LogP contribution in [0.4, 0.5) is 4.39 Å². The summed E-state index contributed by atoms with van der Waals surface area (Å²) in [6.07, 6.45) is 0. The zero-order valence-corrected chi connectivity index (χ0v) is 11.8. The molecule has 0 atom stereocenters. The third-order valence-electron chi connectivity index (χ3n) is 2.59. The van der Waals surface area contributed by atoms with Gasteiger partial charge in [-0.2, -0.15) is 8.42 Å². The minimum absolute atomic E-state index is 0.0225. The maximum absolute atomic E-state index is 12.8. The second kappa shape index (κ2) is 5.92. The van der Waals surface area contributed by atoms with Crippen molar-refractivity contribution in [2.75, 3.05) is 7.11 Å². The molecule has 0 heterocycles. The summed E-state index contributed by atoms with van der Waals surface area (Å²) in [7, 11) is -2.99. The van der Waals surface area contributed by atoms with E-state index in [0.717, 1.165) is 24.3 Å². The molecule has 0 fully saturated rings. The first-order chi connectivity index (χ1) is 9.94. The number of para-hydroxylation sites is 1. The number of ether oxygens (including phenoxy) is 1. The van der Waals surface area contributed by atoms with Crippen LogP contribution in [0, 0.1) is 5.82 Å². The van der Waals surface area contributed by atoms with Crippen LogP contribution in [0.2, 0.25) is 0 Å². The van der Waals surface area contributed by atoms with Crippen molar-refractivity contribution in [3.63, 3.8) is 0 Å². The fourth-order valence-corrected chi connectivity index (χ4v) is 2.53. The molecule has 0 unspecified atom stereocenters. The summed E-state index contributed by atoms with van der Waals surface area (Å²) in [5.41, 5.74) is -0.0225. The predicted molar refractivity (Wildman–Crippen MR) is 72.0 cm³/mol. The molecule has 2 rings (SSSR count). The Balaban J connectivity index is 2.37. The molecule has 0 aliphatic heterocycles. The number of carbonyl (C=O) groups is 1. The van der Waals surface area contributed by atoms with Crippen molar-refractivity contribution in [3.8, 4) is 5.75 Å². The molecule has 0 aliphatic rings. The van der Waals surface area contributed by atoms with Crippen LogP contribution in [0.25, 0.3) is 0 Å². The topological polar surface area (TPSA) is 69.7 Å². The lowest BCUT2D eigenvalue weighted by Crippen LogP contribution is -2.13. The number of rotatable bonds is 4. The maximum Gasteiger partial charge on any atom is 0.341 e. The van der Waals surface area contributed by atoms with Crippen molar-refractivity contribution in [1.29, 1.82) is 0 Å². The molecule has 0 saturated heterocycles. The highest BCUT2D eigenvalue weighted by Gasteiger charge is 2.21. The van der Waals surface area contributed by atoms with Gasteiger partial charge in [0.2, 0.25) is 0 Å². The number of halogens is 1. The molecule has 0 bridgehead atoms. The van der Waals surface area contributed by atoms with E-state index in [1.165, 1.54) is 25.3 Å². The van der Waals surface area contributed by atoms with Crippen molar-refractivity contribution >= 4 is 16.1 Å². The molecule has 21 heavy (non-hydrogen) atoms. The number of esters is 1. The fraction of sp³-hybridized carbons (Fsp3) is 0.0714. The lowest BCUT2D eigenvalue weighted by Gasteiger charge is -2.10. The van der Waals surface area contributed by atoms with Crippen molar-refractivity contribution < 1.29 is 26.5 Å². The molecule has 7 heteroatoms. The van der Waals surface area contributed by atoms with E-state index in [2.05, 4.69) is 4.74 Å². The second-order valence-electron chi connectivity index (χ2n) is 3.98. The average Bonchev–Trinajstić information content (AvgIpc) is 2.47. The van der Waals surface area contributed by atoms with Crippen LogP contribution in [0.1, 0.15) is 10.4 Å². The first-order valence-electron chi connectivity index (χ1n) is 5.81. The molecular weight excluding hydrogens is 299 g/mol. The van der Waals surface area contributed by atoms with Gasteiger partial charge in [0.05, 0.1) is 7.11 Å². The largest absolute Gasteiger partial charge is 0.465 e. The standard InChI is InChI=1S/C14H11FO5S/c1-19-14(16)12-4-2-3-5-13(12)20-21(17,18)11-8-6-10(15)7-9-11/h2-9H,1H3. The summed E-state index contributed by atoms with van der Waals surface area (Å²) >= 11 is 0. The second-order valence-corrected chi connectivity index (χ2v) is 5.53. The molecule has 2 aromatic rings. The normalized spacial score (nSPS) is 11.0. The monoisotopic (exact) mass is 310 g/mol. The number of hydrogen-bond acceptors (Lipinski definition) is 5. The first kappa shape index (κ1) is 15.0. The average molecular weight is 310 g/mol. The van der Waals surface area contributed by atoms with E-state index >= 15 is 0 Å². The van der Waals surface area contributed by atoms with Crippen LogP contribution >= 0.6 is 0 Å². The molecule has 0 aliphatic carbocycles. The van der Waals surface area contributed by atoms with Crippen LogP contribution in [0.15, 0.2) is 53.4 Å². The molecule has 0 amide bonds. The molecule has 0 N–H and O–H groups in total. The Morgan fingerprint density at radius 3 is 2.29 bits per heavy atom. The highest BCUT2D eigenvalue weighted by Crippen LogP contribution is 2.23. The number of hydrogen-bond donors (Lipinski definition) is 0. The molecule has 5 nitrogen and oxygen atoms in total. The van der Waals surface area contributed by atoms with Gasteiger partial charge in [0.1, 0.15) is 16.3 Å². The summed E-state index contributed by atoms with van der Waals surface area (Å²) in [5, 5.41) is 0. The van der Waals surface area contributed by atoms with Crippen LogP contribution in [0.5, 0.6) is 5.75 Å². The van der Waals surface area contributed by atoms with Gasteiger partial charge in [-0.1, -0.05) is 12.1 Å². The van der Waals surface area contributed by atoms with Crippen LogP contribution in [-0.2, 0) is 14.9 Å². The van der Waals surface area contributed by atoms with Gasteiger partial charge < -0.3 is 8.92 Å². The fourth-order valence-electron chi connectivity index (χ4n) is 1.59. The summed E-state index contributed by atoms with van der Waals surface area (Å²) in [6, 6.07) is 9.92. The molecular formula is C14H11FO5S. The van der Waals surface area contributed by atoms with Gasteiger partial charge in [0.15, 0.2) is 5.75 Å². The summed E-state index contributed by atoms with van der Waals surface area (Å²) < 4.78 is 46.5. The minimum atomic E-state index is -4.17. The van der Waals surface area contributed by atoms with E-state index in [-0.39, 0.29) is 16.2 Å². The van der Waals surface area contributed by atoms with Crippen molar-refractivity contribution in [2.24, 2.45) is 0 Å². The number of methoxy groups -OCH3 is 1. The Bertz CT molecular complexity index is 753. The van der Waals surface area contributed by atoms with Crippen LogP contribution in [-0.4, -0.2) is 21.5 Å². The molecule has 0 spiro atoms. The summed E-state index contributed by atoms with van der Waals surface area (Å²) in [4.78, 5) is 11.3. The molecule has 110 valence electrons. The number of benzene rings is 2. The van der Waals surface area contributed by atoms with Gasteiger partial charge in [0, 0.05) is 0 Å². The van der Waals surface area contributed by atoms with E-state index in [1.807, 2.05) is 0 Å². The van der Waals surface area contributed by atoms with Gasteiger partial charge >= 0.3 is 16.1 Å². The first-order valence-corrected chi connectivity index (χ1v) is 7.22. The van der Waals surface area contributed by atoms with Gasteiger partial charge in [-0.05, 0) is 36.4 Å². The Morgan fingerprint density at radius 2 is 1.67 bits per heavy atom. The Labute approximate surface area is 121 Å². The zero-order chi connectivity index (χ0) is 15.5. The molecule has 0 aromatic heterocycles. The Kier molecular flexibility index (Phi) is 4.23. The van der Waals surface area contributed by atoms with Crippen molar-refractivity contribution in [2.45, 2.75) is 4.90 Å². The Hall–Kier alpha value is -2.41. The smallest absolute Gasteiger partial charge is 0.341 e. The van der Waals surface area contributed by atoms with E-state index in [1.54, 1.807) is 6.07 Å². The third kappa shape index (κ3) is 3.38. The van der Waals surface area contributed by atoms with Gasteiger partial charge in [-0.15, -0.1) is 0 Å². The molecule has 0 radical (unpaired) electrons. The van der Waals surface area contributed by atoms with E-state index < -0.39 is 21.9 Å². The summed E-state index contributed by atoms with van der Waals surface area (Å²) in [5.74, 6) is -1.45. The van der Waals surface area contributed by atoms with E-state index in [0.29, 0.717) is 0 Å². The highest BCUT2D eigenvalue weighted by atomic mass is 32.2. The van der Waals surface area contributed by atoms with Gasteiger partial charge in [0.25, 0.3) is 0 Å². The lowest BCUT2D eigenvalue weighted by molar-refractivity contribution is 0.0599. The van der Waals surface area contributed by atoms with E-state index in [9.17, 15) is 17.6 Å². The third-order valence-corrected chi connectivity index (χ3v) is 3.84. The quantitative estimate of drug-likeness (QED) is 0.640. The SMILES string of the molecule is COC(=O)c1ccccc1OS(=O)(=O)c1ccc(F)cc1. The van der Waals surface area contributed by atoms with Crippen molar-refractivity contribution in [1.82, 2.24) is 0 Å². The van der Waals surface area contributed by atoms with E-state index in [4.69, 9.17) is 4.18 Å². The molecule has 0 saturated carbocycles. The predicted octanol–water partition coefficient (Wildman–Crippen LogP) is 2.38. The minimum Gasteiger partial charge on any atom is -0.465 e. The van der Waals surface area contributed by atoms with Crippen LogP contribution < -0.4 is 4.18 Å². The highest BCUT2D eigenvalue weighted by molar-refractivity contribution is 7.87. The van der Waals surface area contributed by atoms with Gasteiger partial charge in [-0.3, -0.25) is 0 Å². The van der Waals surface area contributed by atoms with Crippen molar-refractivity contribution in [3.05, 3.63) is 59.9 Å².